The molecule has 0 aliphatic heterocycles. The molecule has 1 aromatic heterocycles. The lowest BCUT2D eigenvalue weighted by atomic mass is 10.1. The minimum Gasteiger partial charge on any atom is -0.507 e. The van der Waals surface area contributed by atoms with Gasteiger partial charge in [-0.15, -0.1) is 5.10 Å². The number of phenols is 1. The highest BCUT2D eigenvalue weighted by molar-refractivity contribution is 5.65. The molecule has 3 aromatic rings. The second-order valence-electron chi connectivity index (χ2n) is 4.21. The molecule has 2 aromatic carbocycles. The molecule has 5 heteroatoms. The average molecular weight is 262 g/mol. The molecule has 0 fully saturated rings. The van der Waals surface area contributed by atoms with Crippen molar-refractivity contribution in [1.29, 1.82) is 5.26 Å². The zero-order valence-corrected chi connectivity index (χ0v) is 10.4. The van der Waals surface area contributed by atoms with Crippen LogP contribution < -0.4 is 0 Å². The molecule has 0 atom stereocenters. The van der Waals surface area contributed by atoms with E-state index in [4.69, 9.17) is 5.26 Å². The quantitative estimate of drug-likeness (QED) is 0.770. The Labute approximate surface area is 115 Å². The van der Waals surface area contributed by atoms with Gasteiger partial charge in [0.05, 0.1) is 23.1 Å². The molecule has 20 heavy (non-hydrogen) atoms. The maximum Gasteiger partial charge on any atom is 0.133 e. The van der Waals surface area contributed by atoms with Gasteiger partial charge in [-0.25, -0.2) is 4.68 Å². The van der Waals surface area contributed by atoms with Gasteiger partial charge in [0, 0.05) is 5.56 Å². The number of benzene rings is 2. The van der Waals surface area contributed by atoms with Crippen LogP contribution in [0.5, 0.6) is 5.75 Å². The summed E-state index contributed by atoms with van der Waals surface area (Å²) in [5.74, 6) is -0.0324. The Hall–Kier alpha value is -3.13. The van der Waals surface area contributed by atoms with Gasteiger partial charge in [0.2, 0.25) is 0 Å². The number of nitrogens with zero attached hydrogens (tertiary/aromatic N) is 4. The molecule has 0 saturated carbocycles. The van der Waals surface area contributed by atoms with E-state index in [1.54, 1.807) is 23.0 Å². The molecule has 5 nitrogen and oxygen atoms in total. The summed E-state index contributed by atoms with van der Waals surface area (Å²) >= 11 is 0. The van der Waals surface area contributed by atoms with E-state index in [9.17, 15) is 5.11 Å². The van der Waals surface area contributed by atoms with Crippen molar-refractivity contribution in [3.8, 4) is 28.8 Å². The highest BCUT2D eigenvalue weighted by Crippen LogP contribution is 2.26. The van der Waals surface area contributed by atoms with Gasteiger partial charge in [0.1, 0.15) is 11.8 Å². The normalized spacial score (nSPS) is 10.2. The van der Waals surface area contributed by atoms with Crippen LogP contribution in [0.2, 0.25) is 0 Å². The van der Waals surface area contributed by atoms with Crippen LogP contribution >= 0.6 is 0 Å². The van der Waals surface area contributed by atoms with Gasteiger partial charge in [-0.2, -0.15) is 5.26 Å². The SMILES string of the molecule is N#Cc1cc(-c2cnnn2-c2ccccc2)ccc1O. The number of phenolic OH excluding ortho intramolecular Hbond substituents is 1. The van der Waals surface area contributed by atoms with Crippen molar-refractivity contribution in [1.82, 2.24) is 15.0 Å². The Balaban J connectivity index is 2.13. The first-order chi connectivity index (χ1) is 9.79. The van der Waals surface area contributed by atoms with E-state index in [0.717, 1.165) is 16.9 Å². The van der Waals surface area contributed by atoms with Crippen LogP contribution in [-0.2, 0) is 0 Å². The lowest BCUT2D eigenvalue weighted by Gasteiger charge is -2.06. The van der Waals surface area contributed by atoms with Crippen molar-refractivity contribution in [2.45, 2.75) is 0 Å². The average Bonchev–Trinajstić information content (AvgIpc) is 2.98. The van der Waals surface area contributed by atoms with E-state index in [2.05, 4.69) is 10.3 Å². The predicted molar refractivity (Wildman–Crippen MR) is 73.2 cm³/mol. The van der Waals surface area contributed by atoms with Gasteiger partial charge < -0.3 is 5.11 Å². The van der Waals surface area contributed by atoms with Gasteiger partial charge in [-0.1, -0.05) is 23.4 Å². The van der Waals surface area contributed by atoms with Gasteiger partial charge in [-0.3, -0.25) is 0 Å². The summed E-state index contributed by atoms with van der Waals surface area (Å²) in [6.45, 7) is 0. The number of hydrogen-bond acceptors (Lipinski definition) is 4. The summed E-state index contributed by atoms with van der Waals surface area (Å²) in [7, 11) is 0. The van der Waals surface area contributed by atoms with E-state index in [1.807, 2.05) is 36.4 Å². The Kier molecular flexibility index (Phi) is 2.90. The predicted octanol–water partition coefficient (Wildman–Crippen LogP) is 2.51. The van der Waals surface area contributed by atoms with E-state index < -0.39 is 0 Å². The summed E-state index contributed by atoms with van der Waals surface area (Å²) in [4.78, 5) is 0. The van der Waals surface area contributed by atoms with Crippen LogP contribution in [0.4, 0.5) is 0 Å². The molecular weight excluding hydrogens is 252 g/mol. The fourth-order valence-corrected chi connectivity index (χ4v) is 1.98. The Bertz CT molecular complexity index is 787. The zero-order valence-electron chi connectivity index (χ0n) is 10.4. The number of para-hydroxylation sites is 1. The third-order valence-corrected chi connectivity index (χ3v) is 2.96. The number of aromatic nitrogens is 3. The molecule has 0 unspecified atom stereocenters. The maximum atomic E-state index is 9.56. The van der Waals surface area contributed by atoms with Gasteiger partial charge in [-0.05, 0) is 30.3 Å². The van der Waals surface area contributed by atoms with Gasteiger partial charge >= 0.3 is 0 Å². The lowest BCUT2D eigenvalue weighted by molar-refractivity contribution is 0.473. The molecule has 1 N–H and O–H groups in total. The third kappa shape index (κ3) is 1.99. The Morgan fingerprint density at radius 2 is 1.90 bits per heavy atom. The molecule has 0 aliphatic rings. The first-order valence-electron chi connectivity index (χ1n) is 5.99. The fraction of sp³-hybridized carbons (Fsp3) is 0. The molecule has 96 valence electrons. The summed E-state index contributed by atoms with van der Waals surface area (Å²) in [5.41, 5.74) is 2.63. The van der Waals surface area contributed by atoms with Crippen LogP contribution in [-0.4, -0.2) is 20.1 Å². The van der Waals surface area contributed by atoms with E-state index in [0.29, 0.717) is 0 Å². The van der Waals surface area contributed by atoms with Crippen molar-refractivity contribution in [2.75, 3.05) is 0 Å². The molecule has 0 saturated heterocycles. The topological polar surface area (TPSA) is 74.7 Å². The second-order valence-corrected chi connectivity index (χ2v) is 4.21. The van der Waals surface area contributed by atoms with Crippen molar-refractivity contribution >= 4 is 0 Å². The third-order valence-electron chi connectivity index (χ3n) is 2.96. The van der Waals surface area contributed by atoms with Crippen LogP contribution in [0.25, 0.3) is 16.9 Å². The van der Waals surface area contributed by atoms with E-state index in [1.165, 1.54) is 6.07 Å². The van der Waals surface area contributed by atoms with Crippen LogP contribution in [0.3, 0.4) is 0 Å². The highest BCUT2D eigenvalue weighted by atomic mass is 16.3. The molecule has 0 bridgehead atoms. The molecule has 1 heterocycles. The molecular formula is C15H10N4O. The number of rotatable bonds is 2. The van der Waals surface area contributed by atoms with Gasteiger partial charge in [0.15, 0.2) is 0 Å². The van der Waals surface area contributed by atoms with Crippen LogP contribution in [0, 0.1) is 11.3 Å². The molecule has 0 aliphatic carbocycles. The van der Waals surface area contributed by atoms with Crippen molar-refractivity contribution in [2.24, 2.45) is 0 Å². The lowest BCUT2D eigenvalue weighted by Crippen LogP contribution is -1.99. The summed E-state index contributed by atoms with van der Waals surface area (Å²) in [6.07, 6.45) is 1.63. The molecule has 0 spiro atoms. The first kappa shape index (κ1) is 11.9. The highest BCUT2D eigenvalue weighted by Gasteiger charge is 2.10. The maximum absolute atomic E-state index is 9.56. The smallest absolute Gasteiger partial charge is 0.133 e. The van der Waals surface area contributed by atoms with Crippen molar-refractivity contribution in [3.63, 3.8) is 0 Å². The van der Waals surface area contributed by atoms with Crippen molar-refractivity contribution in [3.05, 3.63) is 60.3 Å². The van der Waals surface area contributed by atoms with Crippen LogP contribution in [0.1, 0.15) is 5.56 Å². The fourth-order valence-electron chi connectivity index (χ4n) is 1.98. The van der Waals surface area contributed by atoms with E-state index >= 15 is 0 Å². The standard InChI is InChI=1S/C15H10N4O/c16-9-12-8-11(6-7-15(12)20)14-10-17-18-19(14)13-4-2-1-3-5-13/h1-8,10,20H. The summed E-state index contributed by atoms with van der Waals surface area (Å²) < 4.78 is 1.69. The van der Waals surface area contributed by atoms with E-state index in [-0.39, 0.29) is 11.3 Å². The largest absolute Gasteiger partial charge is 0.507 e. The Morgan fingerprint density at radius 1 is 1.10 bits per heavy atom. The minimum atomic E-state index is -0.0324. The molecule has 0 radical (unpaired) electrons. The molecule has 0 amide bonds. The minimum absolute atomic E-state index is 0.0324. The second kappa shape index (κ2) is 4.86. The molecule has 3 rings (SSSR count). The van der Waals surface area contributed by atoms with Crippen molar-refractivity contribution < 1.29 is 5.11 Å². The Morgan fingerprint density at radius 3 is 2.65 bits per heavy atom. The summed E-state index contributed by atoms with van der Waals surface area (Å²) in [6, 6.07) is 16.4. The van der Waals surface area contributed by atoms with Crippen LogP contribution in [0.15, 0.2) is 54.7 Å². The number of hydrogen-bond donors (Lipinski definition) is 1. The number of aromatic hydroxyl groups is 1. The zero-order chi connectivity index (χ0) is 13.9. The monoisotopic (exact) mass is 262 g/mol. The summed E-state index contributed by atoms with van der Waals surface area (Å²) in [5, 5.41) is 26.5. The first-order valence-corrected chi connectivity index (χ1v) is 5.99. The number of nitriles is 1. The van der Waals surface area contributed by atoms with Gasteiger partial charge in [0.25, 0.3) is 0 Å².